The van der Waals surface area contributed by atoms with Crippen LogP contribution in [-0.2, 0) is 4.74 Å². The van der Waals surface area contributed by atoms with E-state index in [1.165, 1.54) is 18.3 Å². The zero-order valence-electron chi connectivity index (χ0n) is 15.7. The molecule has 10 heteroatoms. The van der Waals surface area contributed by atoms with E-state index in [9.17, 15) is 22.8 Å². The number of carbonyl (C=O) groups is 2. The Hall–Kier alpha value is -2.62. The highest BCUT2D eigenvalue weighted by Crippen LogP contribution is 2.32. The number of hydrogen-bond donors (Lipinski definition) is 1. The van der Waals surface area contributed by atoms with Gasteiger partial charge in [-0.3, -0.25) is 14.7 Å². The summed E-state index contributed by atoms with van der Waals surface area (Å²) < 4.78 is 46.0. The second-order valence-corrected chi connectivity index (χ2v) is 7.52. The molecule has 3 saturated heterocycles. The van der Waals surface area contributed by atoms with Crippen LogP contribution in [0.2, 0.25) is 0 Å². The zero-order chi connectivity index (χ0) is 20.8. The van der Waals surface area contributed by atoms with Gasteiger partial charge in [-0.05, 0) is 38.8 Å². The summed E-state index contributed by atoms with van der Waals surface area (Å²) in [6.45, 7) is 2.48. The Balaban J connectivity index is 1.47. The van der Waals surface area contributed by atoms with Crippen molar-refractivity contribution in [2.24, 2.45) is 5.92 Å². The van der Waals surface area contributed by atoms with Crippen LogP contribution in [0.4, 0.5) is 13.2 Å². The highest BCUT2D eigenvalue weighted by Gasteiger charge is 2.40. The SMILES string of the molecule is C[C@H]1[C@H](NC(=O)c2cc3oc(C(=O)OCC(F)(F)F)cc3cn2)C2CCN1CC2. The second-order valence-electron chi connectivity index (χ2n) is 7.52. The molecule has 29 heavy (non-hydrogen) atoms. The summed E-state index contributed by atoms with van der Waals surface area (Å²) in [7, 11) is 0. The number of nitrogens with one attached hydrogen (secondary N) is 1. The largest absolute Gasteiger partial charge is 0.450 e. The third-order valence-corrected chi connectivity index (χ3v) is 5.68. The Labute approximate surface area is 164 Å². The van der Waals surface area contributed by atoms with Gasteiger partial charge in [-0.25, -0.2) is 4.79 Å². The van der Waals surface area contributed by atoms with E-state index in [4.69, 9.17) is 4.42 Å². The van der Waals surface area contributed by atoms with Crippen LogP contribution in [0.25, 0.3) is 11.0 Å². The van der Waals surface area contributed by atoms with E-state index >= 15 is 0 Å². The lowest BCUT2D eigenvalue weighted by Crippen LogP contribution is -2.62. The van der Waals surface area contributed by atoms with Gasteiger partial charge in [0.2, 0.25) is 5.76 Å². The first-order valence-electron chi connectivity index (χ1n) is 9.39. The van der Waals surface area contributed by atoms with Crippen LogP contribution >= 0.6 is 0 Å². The van der Waals surface area contributed by atoms with Crippen molar-refractivity contribution in [2.45, 2.75) is 38.0 Å². The first-order chi connectivity index (χ1) is 13.7. The lowest BCUT2D eigenvalue weighted by molar-refractivity contribution is -0.161. The van der Waals surface area contributed by atoms with E-state index in [2.05, 4.69) is 26.9 Å². The fraction of sp³-hybridized carbons (Fsp3) is 0.526. The Bertz CT molecular complexity index is 932. The number of halogens is 3. The number of piperidine rings is 3. The number of amides is 1. The minimum atomic E-state index is -4.62. The molecular formula is C19H20F3N3O4. The van der Waals surface area contributed by atoms with Crippen molar-refractivity contribution in [3.8, 4) is 0 Å². The van der Waals surface area contributed by atoms with Crippen molar-refractivity contribution in [3.63, 3.8) is 0 Å². The minimum Gasteiger partial charge on any atom is -0.450 e. The Kier molecular flexibility index (Phi) is 4.97. The van der Waals surface area contributed by atoms with Gasteiger partial charge in [0.15, 0.2) is 6.61 Å². The normalized spacial score (nSPS) is 26.5. The Morgan fingerprint density at radius 3 is 2.69 bits per heavy atom. The number of alkyl halides is 3. The van der Waals surface area contributed by atoms with Gasteiger partial charge in [0.1, 0.15) is 11.3 Å². The quantitative estimate of drug-likeness (QED) is 0.779. The fourth-order valence-corrected chi connectivity index (χ4v) is 4.15. The van der Waals surface area contributed by atoms with E-state index in [1.807, 2.05) is 0 Å². The number of hydrogen-bond acceptors (Lipinski definition) is 6. The monoisotopic (exact) mass is 411 g/mol. The predicted molar refractivity (Wildman–Crippen MR) is 95.4 cm³/mol. The molecular weight excluding hydrogens is 391 g/mol. The number of furan rings is 1. The van der Waals surface area contributed by atoms with Crippen molar-refractivity contribution < 1.29 is 31.9 Å². The molecule has 0 aliphatic carbocycles. The summed E-state index contributed by atoms with van der Waals surface area (Å²) in [6.07, 6.45) is -1.19. The van der Waals surface area contributed by atoms with Crippen molar-refractivity contribution >= 4 is 22.8 Å². The van der Waals surface area contributed by atoms with Crippen molar-refractivity contribution in [3.05, 3.63) is 29.8 Å². The lowest BCUT2D eigenvalue weighted by atomic mass is 9.79. The maximum absolute atomic E-state index is 12.7. The highest BCUT2D eigenvalue weighted by atomic mass is 19.4. The van der Waals surface area contributed by atoms with Crippen LogP contribution in [0.1, 0.15) is 40.8 Å². The lowest BCUT2D eigenvalue weighted by Gasteiger charge is -2.49. The fourth-order valence-electron chi connectivity index (χ4n) is 4.15. The van der Waals surface area contributed by atoms with Crippen molar-refractivity contribution in [1.82, 2.24) is 15.2 Å². The summed E-state index contributed by atoms with van der Waals surface area (Å²) in [4.78, 5) is 30.9. The molecule has 3 aliphatic heterocycles. The van der Waals surface area contributed by atoms with Crippen LogP contribution in [0.15, 0.2) is 22.7 Å². The molecule has 0 saturated carbocycles. The molecule has 2 aromatic rings. The van der Waals surface area contributed by atoms with Gasteiger partial charge >= 0.3 is 12.1 Å². The zero-order valence-corrected chi connectivity index (χ0v) is 15.7. The molecule has 2 aromatic heterocycles. The third-order valence-electron chi connectivity index (χ3n) is 5.68. The van der Waals surface area contributed by atoms with E-state index in [0.717, 1.165) is 25.9 Å². The number of pyridine rings is 1. The molecule has 0 unspecified atom stereocenters. The molecule has 2 bridgehead atoms. The number of carbonyl (C=O) groups excluding carboxylic acids is 2. The van der Waals surface area contributed by atoms with Crippen LogP contribution in [-0.4, -0.2) is 59.7 Å². The highest BCUT2D eigenvalue weighted by molar-refractivity contribution is 5.97. The molecule has 5 heterocycles. The summed E-state index contributed by atoms with van der Waals surface area (Å²) in [5, 5.41) is 3.43. The van der Waals surface area contributed by atoms with Gasteiger partial charge in [-0.1, -0.05) is 0 Å². The van der Waals surface area contributed by atoms with Crippen LogP contribution in [0.5, 0.6) is 0 Å². The minimum absolute atomic E-state index is 0.0343. The van der Waals surface area contributed by atoms with Crippen LogP contribution in [0, 0.1) is 5.92 Å². The van der Waals surface area contributed by atoms with Crippen LogP contribution in [0.3, 0.4) is 0 Å². The summed E-state index contributed by atoms with van der Waals surface area (Å²) >= 11 is 0. The Morgan fingerprint density at radius 1 is 1.31 bits per heavy atom. The maximum atomic E-state index is 12.7. The molecule has 2 atom stereocenters. The second kappa shape index (κ2) is 7.33. The van der Waals surface area contributed by atoms with Gasteiger partial charge < -0.3 is 14.5 Å². The van der Waals surface area contributed by atoms with E-state index in [1.54, 1.807) is 0 Å². The van der Waals surface area contributed by atoms with E-state index in [-0.39, 0.29) is 35.0 Å². The number of rotatable bonds is 4. The number of esters is 1. The molecule has 0 aromatic carbocycles. The topological polar surface area (TPSA) is 84.7 Å². The molecule has 7 nitrogen and oxygen atoms in total. The predicted octanol–water partition coefficient (Wildman–Crippen LogP) is 2.76. The van der Waals surface area contributed by atoms with Crippen LogP contribution < -0.4 is 5.32 Å². The summed E-state index contributed by atoms with van der Waals surface area (Å²) in [5.41, 5.74) is 0.289. The van der Waals surface area contributed by atoms with E-state index in [0.29, 0.717) is 11.3 Å². The third kappa shape index (κ3) is 4.07. The maximum Gasteiger partial charge on any atom is 0.422 e. The number of nitrogens with zero attached hydrogens (tertiary/aromatic N) is 2. The summed E-state index contributed by atoms with van der Waals surface area (Å²) in [6, 6.07) is 2.89. The van der Waals surface area contributed by atoms with Gasteiger partial charge in [-0.15, -0.1) is 0 Å². The summed E-state index contributed by atoms with van der Waals surface area (Å²) in [5.74, 6) is -1.53. The number of ether oxygens (including phenoxy) is 1. The molecule has 156 valence electrons. The molecule has 0 radical (unpaired) electrons. The molecule has 5 rings (SSSR count). The van der Waals surface area contributed by atoms with Gasteiger partial charge in [-0.2, -0.15) is 13.2 Å². The first kappa shape index (κ1) is 19.7. The van der Waals surface area contributed by atoms with E-state index < -0.39 is 18.8 Å². The number of fused-ring (bicyclic) bond motifs is 4. The van der Waals surface area contributed by atoms with Crippen molar-refractivity contribution in [2.75, 3.05) is 19.7 Å². The average Bonchev–Trinajstić information content (AvgIpc) is 3.12. The van der Waals surface area contributed by atoms with Gasteiger partial charge in [0, 0.05) is 35.8 Å². The smallest absolute Gasteiger partial charge is 0.422 e. The average molecular weight is 411 g/mol. The first-order valence-corrected chi connectivity index (χ1v) is 9.39. The molecule has 0 spiro atoms. The van der Waals surface area contributed by atoms with Crippen molar-refractivity contribution in [1.29, 1.82) is 0 Å². The Morgan fingerprint density at radius 2 is 2.03 bits per heavy atom. The van der Waals surface area contributed by atoms with Gasteiger partial charge in [0.05, 0.1) is 0 Å². The number of aromatic nitrogens is 1. The molecule has 1 amide bonds. The molecule has 3 fully saturated rings. The van der Waals surface area contributed by atoms with Gasteiger partial charge in [0.25, 0.3) is 5.91 Å². The standard InChI is InChI=1S/C19H20F3N3O4/c1-10-16(11-2-4-25(10)5-3-11)24-17(26)13-7-14-12(8-23-13)6-15(29-14)18(27)28-9-19(20,21)22/h6-8,10-11,16H,2-5,9H2,1H3,(H,24,26)/t10-,16-/m0/s1. The molecule has 3 aliphatic rings. The molecule has 1 N–H and O–H groups in total.